The molecule has 4 heteroatoms. The standard InChI is InChI=1S/C10H19ClO2S/c1-3-14(12,13)7-6-10(2,8-11)9-4-5-9/h9H,3-8H2,1-2H3. The smallest absolute Gasteiger partial charge is 0.150 e. The van der Waals surface area contributed by atoms with Crippen LogP contribution in [0.25, 0.3) is 0 Å². The number of halogens is 1. The normalized spacial score (nSPS) is 21.9. The number of hydrogen-bond acceptors (Lipinski definition) is 2. The van der Waals surface area contributed by atoms with Crippen LogP contribution in [-0.4, -0.2) is 25.8 Å². The lowest BCUT2D eigenvalue weighted by atomic mass is 9.84. The highest BCUT2D eigenvalue weighted by Gasteiger charge is 2.41. The van der Waals surface area contributed by atoms with E-state index in [0.29, 0.717) is 17.6 Å². The third-order valence-electron chi connectivity index (χ3n) is 3.29. The van der Waals surface area contributed by atoms with E-state index >= 15 is 0 Å². The van der Waals surface area contributed by atoms with E-state index in [2.05, 4.69) is 6.92 Å². The fourth-order valence-electron chi connectivity index (χ4n) is 1.69. The summed E-state index contributed by atoms with van der Waals surface area (Å²) in [6.07, 6.45) is 3.15. The summed E-state index contributed by atoms with van der Waals surface area (Å²) in [6.45, 7) is 3.81. The average molecular weight is 239 g/mol. The first-order chi connectivity index (χ1) is 6.43. The molecule has 84 valence electrons. The lowest BCUT2D eigenvalue weighted by Gasteiger charge is -2.26. The Kier molecular flexibility index (Phi) is 3.87. The quantitative estimate of drug-likeness (QED) is 0.667. The first-order valence-corrected chi connectivity index (χ1v) is 7.55. The predicted molar refractivity (Wildman–Crippen MR) is 60.5 cm³/mol. The van der Waals surface area contributed by atoms with E-state index in [9.17, 15) is 8.42 Å². The minimum Gasteiger partial charge on any atom is -0.229 e. The Morgan fingerprint density at radius 3 is 2.36 bits per heavy atom. The van der Waals surface area contributed by atoms with Crippen molar-refractivity contribution in [3.63, 3.8) is 0 Å². The number of hydrogen-bond donors (Lipinski definition) is 0. The van der Waals surface area contributed by atoms with Gasteiger partial charge in [0.05, 0.1) is 5.75 Å². The molecule has 14 heavy (non-hydrogen) atoms. The molecule has 0 aromatic carbocycles. The van der Waals surface area contributed by atoms with E-state index in [1.54, 1.807) is 6.92 Å². The molecule has 0 heterocycles. The zero-order valence-corrected chi connectivity index (χ0v) is 10.5. The largest absolute Gasteiger partial charge is 0.229 e. The fourth-order valence-corrected chi connectivity index (χ4v) is 3.11. The van der Waals surface area contributed by atoms with E-state index in [1.807, 2.05) is 0 Å². The Hall–Kier alpha value is 0.240. The van der Waals surface area contributed by atoms with Crippen molar-refractivity contribution in [2.24, 2.45) is 11.3 Å². The van der Waals surface area contributed by atoms with Gasteiger partial charge in [-0.25, -0.2) is 8.42 Å². The van der Waals surface area contributed by atoms with Crippen LogP contribution in [0.15, 0.2) is 0 Å². The van der Waals surface area contributed by atoms with Gasteiger partial charge in [-0.05, 0) is 30.6 Å². The molecule has 0 spiro atoms. The Labute approximate surface area is 91.9 Å². The maximum atomic E-state index is 11.4. The molecular formula is C10H19ClO2S. The second-order valence-electron chi connectivity index (χ2n) is 4.55. The zero-order chi connectivity index (χ0) is 10.8. The molecule has 1 aliphatic rings. The lowest BCUT2D eigenvalue weighted by molar-refractivity contribution is 0.304. The van der Waals surface area contributed by atoms with Crippen LogP contribution in [0.1, 0.15) is 33.1 Å². The van der Waals surface area contributed by atoms with Gasteiger partial charge in [-0.2, -0.15) is 0 Å². The summed E-state index contributed by atoms with van der Waals surface area (Å²) < 4.78 is 22.7. The van der Waals surface area contributed by atoms with Crippen molar-refractivity contribution >= 4 is 21.4 Å². The summed E-state index contributed by atoms with van der Waals surface area (Å²) in [5.74, 6) is 1.78. The lowest BCUT2D eigenvalue weighted by Crippen LogP contribution is -2.25. The van der Waals surface area contributed by atoms with Crippen LogP contribution in [0.3, 0.4) is 0 Å². The predicted octanol–water partition coefficient (Wildman–Crippen LogP) is 2.47. The van der Waals surface area contributed by atoms with Crippen molar-refractivity contribution in [3.05, 3.63) is 0 Å². The van der Waals surface area contributed by atoms with Gasteiger partial charge in [0.25, 0.3) is 0 Å². The highest BCUT2D eigenvalue weighted by Crippen LogP contribution is 2.48. The summed E-state index contributed by atoms with van der Waals surface area (Å²) in [4.78, 5) is 0. The number of rotatable bonds is 6. The molecule has 1 saturated carbocycles. The number of alkyl halides is 1. The summed E-state index contributed by atoms with van der Waals surface area (Å²) in [7, 11) is -2.83. The first kappa shape index (κ1) is 12.3. The average Bonchev–Trinajstić information content (AvgIpc) is 2.98. The van der Waals surface area contributed by atoms with Gasteiger partial charge in [-0.15, -0.1) is 11.6 Å². The third kappa shape index (κ3) is 3.13. The topological polar surface area (TPSA) is 34.1 Å². The highest BCUT2D eigenvalue weighted by atomic mass is 35.5. The third-order valence-corrected chi connectivity index (χ3v) is 5.61. The van der Waals surface area contributed by atoms with Crippen molar-refractivity contribution in [2.45, 2.75) is 33.1 Å². The molecule has 0 aromatic heterocycles. The molecule has 1 fully saturated rings. The van der Waals surface area contributed by atoms with Crippen molar-refractivity contribution < 1.29 is 8.42 Å². The Morgan fingerprint density at radius 2 is 2.00 bits per heavy atom. The van der Waals surface area contributed by atoms with Crippen LogP contribution in [0.4, 0.5) is 0 Å². The van der Waals surface area contributed by atoms with Crippen LogP contribution in [0.2, 0.25) is 0 Å². The van der Waals surface area contributed by atoms with E-state index in [-0.39, 0.29) is 11.2 Å². The van der Waals surface area contributed by atoms with Crippen molar-refractivity contribution in [3.8, 4) is 0 Å². The summed E-state index contributed by atoms with van der Waals surface area (Å²) in [5.41, 5.74) is 0.0454. The minimum atomic E-state index is -2.83. The Morgan fingerprint density at radius 1 is 1.43 bits per heavy atom. The minimum absolute atomic E-state index is 0.0454. The monoisotopic (exact) mass is 238 g/mol. The second-order valence-corrected chi connectivity index (χ2v) is 7.29. The highest BCUT2D eigenvalue weighted by molar-refractivity contribution is 7.91. The van der Waals surface area contributed by atoms with Gasteiger partial charge in [-0.1, -0.05) is 13.8 Å². The summed E-state index contributed by atoms with van der Waals surface area (Å²) >= 11 is 5.92. The van der Waals surface area contributed by atoms with Crippen molar-refractivity contribution in [2.75, 3.05) is 17.4 Å². The molecular weight excluding hydrogens is 220 g/mol. The van der Waals surface area contributed by atoms with Crippen LogP contribution in [-0.2, 0) is 9.84 Å². The van der Waals surface area contributed by atoms with Gasteiger partial charge in [0.15, 0.2) is 0 Å². The van der Waals surface area contributed by atoms with E-state index in [1.165, 1.54) is 12.8 Å². The Bertz CT molecular complexity index is 282. The maximum absolute atomic E-state index is 11.4. The van der Waals surface area contributed by atoms with Gasteiger partial charge in [0.1, 0.15) is 9.84 Å². The first-order valence-electron chi connectivity index (χ1n) is 5.20. The molecule has 0 amide bonds. The van der Waals surface area contributed by atoms with Gasteiger partial charge in [0.2, 0.25) is 0 Å². The number of sulfone groups is 1. The molecule has 0 radical (unpaired) electrons. The van der Waals surface area contributed by atoms with Gasteiger partial charge < -0.3 is 0 Å². The van der Waals surface area contributed by atoms with E-state index in [0.717, 1.165) is 6.42 Å². The molecule has 2 nitrogen and oxygen atoms in total. The fraction of sp³-hybridized carbons (Fsp3) is 1.00. The van der Waals surface area contributed by atoms with E-state index < -0.39 is 9.84 Å². The van der Waals surface area contributed by atoms with E-state index in [4.69, 9.17) is 11.6 Å². The van der Waals surface area contributed by atoms with Crippen LogP contribution in [0.5, 0.6) is 0 Å². The summed E-state index contributed by atoms with van der Waals surface area (Å²) in [5, 5.41) is 0. The molecule has 0 aromatic rings. The van der Waals surface area contributed by atoms with Gasteiger partial charge in [-0.3, -0.25) is 0 Å². The zero-order valence-electron chi connectivity index (χ0n) is 8.92. The molecule has 1 unspecified atom stereocenters. The molecule has 0 bridgehead atoms. The van der Waals surface area contributed by atoms with Crippen LogP contribution >= 0.6 is 11.6 Å². The van der Waals surface area contributed by atoms with Crippen molar-refractivity contribution in [1.82, 2.24) is 0 Å². The molecule has 1 rings (SSSR count). The van der Waals surface area contributed by atoms with Gasteiger partial charge >= 0.3 is 0 Å². The van der Waals surface area contributed by atoms with Crippen molar-refractivity contribution in [1.29, 1.82) is 0 Å². The second kappa shape index (κ2) is 4.40. The SMILES string of the molecule is CCS(=O)(=O)CCC(C)(CCl)C1CC1. The Balaban J connectivity index is 2.49. The summed E-state index contributed by atoms with van der Waals surface area (Å²) in [6, 6.07) is 0. The molecule has 0 saturated heterocycles. The molecule has 0 aliphatic heterocycles. The molecule has 1 aliphatic carbocycles. The molecule has 1 atom stereocenters. The molecule has 0 N–H and O–H groups in total. The van der Waals surface area contributed by atoms with Crippen LogP contribution in [0, 0.1) is 11.3 Å². The van der Waals surface area contributed by atoms with Crippen LogP contribution < -0.4 is 0 Å². The van der Waals surface area contributed by atoms with Gasteiger partial charge in [0, 0.05) is 11.6 Å². The maximum Gasteiger partial charge on any atom is 0.150 e.